The summed E-state index contributed by atoms with van der Waals surface area (Å²) in [6.45, 7) is 1.16. The number of tetrazole rings is 1. The Kier molecular flexibility index (Phi) is 3.95. The molecule has 1 N–H and O–H groups in total. The maximum atomic E-state index is 11.9. The molecule has 2 aliphatic rings. The summed E-state index contributed by atoms with van der Waals surface area (Å²) >= 11 is 0. The molecule has 2 fully saturated rings. The van der Waals surface area contributed by atoms with Gasteiger partial charge in [-0.3, -0.25) is 4.79 Å². The highest BCUT2D eigenvalue weighted by molar-refractivity contribution is 5.76. The molecule has 1 spiro atoms. The first-order valence-electron chi connectivity index (χ1n) is 7.40. The molecule has 0 radical (unpaired) electrons. The highest BCUT2D eigenvalue weighted by atomic mass is 16.5. The minimum absolute atomic E-state index is 0.0435. The number of ether oxygens (including phenoxy) is 1. The normalized spacial score (nSPS) is 24.9. The van der Waals surface area contributed by atoms with Crippen LogP contribution in [0.1, 0.15) is 44.9 Å². The standard InChI is InChI=1S/C13H21N5O2/c19-12(4-7-18-10-14-16-17-18)15-11-8-13(20-9-11)5-2-1-3-6-13/h10-11H,1-9H2,(H,15,19). The molecule has 1 aromatic rings. The van der Waals surface area contributed by atoms with Gasteiger partial charge in [-0.1, -0.05) is 19.3 Å². The predicted molar refractivity (Wildman–Crippen MR) is 70.7 cm³/mol. The Morgan fingerprint density at radius 3 is 3.00 bits per heavy atom. The van der Waals surface area contributed by atoms with Crippen LogP contribution in [-0.4, -0.2) is 44.4 Å². The highest BCUT2D eigenvalue weighted by Crippen LogP contribution is 2.39. The third kappa shape index (κ3) is 3.15. The number of carbonyl (C=O) groups excluding carboxylic acids is 1. The molecular weight excluding hydrogens is 258 g/mol. The van der Waals surface area contributed by atoms with Gasteiger partial charge in [0.25, 0.3) is 0 Å². The molecule has 7 heteroatoms. The fraction of sp³-hybridized carbons (Fsp3) is 0.846. The molecular formula is C13H21N5O2. The maximum absolute atomic E-state index is 11.9. The third-order valence-corrected chi connectivity index (χ3v) is 4.30. The molecule has 1 amide bonds. The van der Waals surface area contributed by atoms with Crippen molar-refractivity contribution in [1.82, 2.24) is 25.5 Å². The van der Waals surface area contributed by atoms with Gasteiger partial charge in [-0.25, -0.2) is 4.68 Å². The van der Waals surface area contributed by atoms with E-state index < -0.39 is 0 Å². The van der Waals surface area contributed by atoms with Crippen LogP contribution in [-0.2, 0) is 16.1 Å². The monoisotopic (exact) mass is 279 g/mol. The van der Waals surface area contributed by atoms with Crippen molar-refractivity contribution in [3.8, 4) is 0 Å². The molecule has 1 saturated carbocycles. The summed E-state index contributed by atoms with van der Waals surface area (Å²) in [5.74, 6) is 0.0435. The van der Waals surface area contributed by atoms with Crippen molar-refractivity contribution in [3.63, 3.8) is 0 Å². The minimum Gasteiger partial charge on any atom is -0.373 e. The van der Waals surface area contributed by atoms with Crippen LogP contribution in [0.4, 0.5) is 0 Å². The van der Waals surface area contributed by atoms with Crippen molar-refractivity contribution in [1.29, 1.82) is 0 Å². The lowest BCUT2D eigenvalue weighted by Crippen LogP contribution is -2.37. The van der Waals surface area contributed by atoms with E-state index in [0.29, 0.717) is 19.6 Å². The summed E-state index contributed by atoms with van der Waals surface area (Å²) in [7, 11) is 0. The van der Waals surface area contributed by atoms with Gasteiger partial charge in [-0.2, -0.15) is 0 Å². The quantitative estimate of drug-likeness (QED) is 0.876. The van der Waals surface area contributed by atoms with Crippen LogP contribution in [0.2, 0.25) is 0 Å². The summed E-state index contributed by atoms with van der Waals surface area (Å²) in [6, 6.07) is 0.162. The molecule has 20 heavy (non-hydrogen) atoms. The van der Waals surface area contributed by atoms with Gasteiger partial charge in [0, 0.05) is 6.42 Å². The summed E-state index contributed by atoms with van der Waals surface area (Å²) in [5, 5.41) is 13.9. The van der Waals surface area contributed by atoms with E-state index in [1.54, 1.807) is 4.68 Å². The van der Waals surface area contributed by atoms with Crippen molar-refractivity contribution < 1.29 is 9.53 Å². The molecule has 7 nitrogen and oxygen atoms in total. The molecule has 2 heterocycles. The van der Waals surface area contributed by atoms with Crippen LogP contribution in [0.15, 0.2) is 6.33 Å². The number of amides is 1. The Morgan fingerprint density at radius 1 is 1.40 bits per heavy atom. The largest absolute Gasteiger partial charge is 0.373 e. The fourth-order valence-corrected chi connectivity index (χ4v) is 3.28. The summed E-state index contributed by atoms with van der Waals surface area (Å²) in [4.78, 5) is 11.9. The molecule has 1 atom stereocenters. The lowest BCUT2D eigenvalue weighted by molar-refractivity contribution is -0.122. The van der Waals surface area contributed by atoms with Gasteiger partial charge >= 0.3 is 0 Å². The van der Waals surface area contributed by atoms with E-state index in [4.69, 9.17) is 4.74 Å². The van der Waals surface area contributed by atoms with Crippen LogP contribution in [0.5, 0.6) is 0 Å². The van der Waals surface area contributed by atoms with Crippen molar-refractivity contribution in [2.45, 2.75) is 63.1 Å². The van der Waals surface area contributed by atoms with E-state index in [1.807, 2.05) is 0 Å². The van der Waals surface area contributed by atoms with Gasteiger partial charge in [0.1, 0.15) is 6.33 Å². The Morgan fingerprint density at radius 2 is 2.25 bits per heavy atom. The van der Waals surface area contributed by atoms with Gasteiger partial charge < -0.3 is 10.1 Å². The van der Waals surface area contributed by atoms with Gasteiger partial charge in [0.05, 0.1) is 24.8 Å². The number of nitrogens with one attached hydrogen (secondary N) is 1. The van der Waals surface area contributed by atoms with E-state index in [2.05, 4.69) is 20.8 Å². The van der Waals surface area contributed by atoms with Gasteiger partial charge in [-0.15, -0.1) is 5.10 Å². The SMILES string of the molecule is O=C(CCn1cnnn1)NC1COC2(CCCCC2)C1. The second-order valence-electron chi connectivity index (χ2n) is 5.85. The number of aromatic nitrogens is 4. The zero-order valence-corrected chi connectivity index (χ0v) is 11.6. The first-order chi connectivity index (χ1) is 9.76. The molecule has 1 saturated heterocycles. The number of nitrogens with zero attached hydrogens (tertiary/aromatic N) is 4. The molecule has 3 rings (SSSR count). The van der Waals surface area contributed by atoms with Gasteiger partial charge in [0.15, 0.2) is 0 Å². The molecule has 1 aliphatic carbocycles. The Labute approximate surface area is 118 Å². The molecule has 0 aromatic carbocycles. The Bertz CT molecular complexity index is 442. The van der Waals surface area contributed by atoms with E-state index in [1.165, 1.54) is 25.6 Å². The van der Waals surface area contributed by atoms with E-state index >= 15 is 0 Å². The molecule has 1 aromatic heterocycles. The number of aryl methyl sites for hydroxylation is 1. The van der Waals surface area contributed by atoms with Crippen molar-refractivity contribution in [2.75, 3.05) is 6.61 Å². The predicted octanol–water partition coefficient (Wildman–Crippen LogP) is 0.671. The van der Waals surface area contributed by atoms with E-state index in [9.17, 15) is 4.79 Å². The van der Waals surface area contributed by atoms with Crippen LogP contribution in [0, 0.1) is 0 Å². The maximum Gasteiger partial charge on any atom is 0.222 e. The van der Waals surface area contributed by atoms with Crippen LogP contribution >= 0.6 is 0 Å². The first-order valence-corrected chi connectivity index (χ1v) is 7.40. The molecule has 0 bridgehead atoms. The Hall–Kier alpha value is -1.50. The first kappa shape index (κ1) is 13.5. The summed E-state index contributed by atoms with van der Waals surface area (Å²) in [5.41, 5.74) is 0.0476. The zero-order chi connectivity index (χ0) is 13.8. The van der Waals surface area contributed by atoms with Crippen molar-refractivity contribution in [3.05, 3.63) is 6.33 Å². The lowest BCUT2D eigenvalue weighted by atomic mass is 9.82. The number of rotatable bonds is 4. The second-order valence-corrected chi connectivity index (χ2v) is 5.85. The average molecular weight is 279 g/mol. The van der Waals surface area contributed by atoms with E-state index in [0.717, 1.165) is 19.3 Å². The fourth-order valence-electron chi connectivity index (χ4n) is 3.28. The van der Waals surface area contributed by atoms with Crippen LogP contribution in [0.25, 0.3) is 0 Å². The smallest absolute Gasteiger partial charge is 0.222 e. The molecule has 110 valence electrons. The van der Waals surface area contributed by atoms with Crippen molar-refractivity contribution >= 4 is 5.91 Å². The number of carbonyl (C=O) groups is 1. The van der Waals surface area contributed by atoms with E-state index in [-0.39, 0.29) is 17.6 Å². The third-order valence-electron chi connectivity index (χ3n) is 4.30. The number of hydrogen-bond acceptors (Lipinski definition) is 5. The highest BCUT2D eigenvalue weighted by Gasteiger charge is 2.41. The number of hydrogen-bond donors (Lipinski definition) is 1. The summed E-state index contributed by atoms with van der Waals surface area (Å²) in [6.07, 6.45) is 8.98. The average Bonchev–Trinajstić information content (AvgIpc) is 3.08. The second kappa shape index (κ2) is 5.87. The topological polar surface area (TPSA) is 81.9 Å². The Balaban J connectivity index is 1.43. The van der Waals surface area contributed by atoms with Crippen LogP contribution < -0.4 is 5.32 Å². The minimum atomic E-state index is 0.0435. The lowest BCUT2D eigenvalue weighted by Gasteiger charge is -2.32. The summed E-state index contributed by atoms with van der Waals surface area (Å²) < 4.78 is 7.56. The van der Waals surface area contributed by atoms with Crippen molar-refractivity contribution in [2.24, 2.45) is 0 Å². The van der Waals surface area contributed by atoms with Crippen LogP contribution in [0.3, 0.4) is 0 Å². The molecule has 1 aliphatic heterocycles. The van der Waals surface area contributed by atoms with Gasteiger partial charge in [-0.05, 0) is 29.7 Å². The van der Waals surface area contributed by atoms with Gasteiger partial charge in [0.2, 0.25) is 5.91 Å². The zero-order valence-electron chi connectivity index (χ0n) is 11.6. The molecule has 1 unspecified atom stereocenters.